The number of carbonyl (C=O) groups is 2. The molecule has 0 unspecified atom stereocenters. The molecule has 1 aromatic rings. The molecule has 0 atom stereocenters. The van der Waals surface area contributed by atoms with Gasteiger partial charge in [0, 0.05) is 6.92 Å². The van der Waals surface area contributed by atoms with Crippen LogP contribution in [0.25, 0.3) is 6.08 Å². The van der Waals surface area contributed by atoms with Gasteiger partial charge in [0.2, 0.25) is 0 Å². The molecular weight excluding hydrogens is 196 g/mol. The Kier molecular flexibility index (Phi) is 3.62. The van der Waals surface area contributed by atoms with Gasteiger partial charge in [-0.3, -0.25) is 9.59 Å². The van der Waals surface area contributed by atoms with E-state index in [9.17, 15) is 9.59 Å². The second-order valence-corrected chi connectivity index (χ2v) is 2.85. The van der Waals surface area contributed by atoms with Crippen molar-refractivity contribution in [1.29, 1.82) is 0 Å². The summed E-state index contributed by atoms with van der Waals surface area (Å²) in [5, 5.41) is 8.93. The zero-order chi connectivity index (χ0) is 11.3. The van der Waals surface area contributed by atoms with Gasteiger partial charge in [0.05, 0.1) is 0 Å². The summed E-state index contributed by atoms with van der Waals surface area (Å²) in [4.78, 5) is 20.7. The van der Waals surface area contributed by atoms with Crippen LogP contribution in [-0.4, -0.2) is 17.4 Å². The van der Waals surface area contributed by atoms with E-state index in [0.717, 1.165) is 0 Å². The van der Waals surface area contributed by atoms with Gasteiger partial charge in [0.15, 0.2) is 12.0 Å². The predicted molar refractivity (Wildman–Crippen MR) is 54.4 cm³/mol. The van der Waals surface area contributed by atoms with Crippen molar-refractivity contribution < 1.29 is 19.4 Å². The molecule has 0 aromatic heterocycles. The van der Waals surface area contributed by atoms with Crippen LogP contribution in [0.4, 0.5) is 0 Å². The Hall–Kier alpha value is -2.10. The minimum atomic E-state index is -0.394. The molecule has 15 heavy (non-hydrogen) atoms. The summed E-state index contributed by atoms with van der Waals surface area (Å²) in [5.41, 5.74) is 0.649. The molecule has 0 fully saturated rings. The van der Waals surface area contributed by atoms with Gasteiger partial charge >= 0.3 is 5.97 Å². The van der Waals surface area contributed by atoms with Crippen molar-refractivity contribution in [2.24, 2.45) is 0 Å². The van der Waals surface area contributed by atoms with Crippen molar-refractivity contribution in [3.8, 4) is 5.75 Å². The fourth-order valence-electron chi connectivity index (χ4n) is 1.00. The largest absolute Gasteiger partial charge is 0.505 e. The van der Waals surface area contributed by atoms with E-state index >= 15 is 0 Å². The van der Waals surface area contributed by atoms with E-state index in [1.54, 1.807) is 24.3 Å². The molecule has 0 aliphatic carbocycles. The maximum atomic E-state index is 10.6. The average Bonchev–Trinajstić information content (AvgIpc) is 2.20. The number of rotatable bonds is 3. The van der Waals surface area contributed by atoms with Crippen LogP contribution >= 0.6 is 0 Å². The van der Waals surface area contributed by atoms with Crippen molar-refractivity contribution in [1.82, 2.24) is 0 Å². The normalized spacial score (nSPS) is 10.9. The van der Waals surface area contributed by atoms with Crippen LogP contribution in [0, 0.1) is 0 Å². The Morgan fingerprint density at radius 2 is 1.93 bits per heavy atom. The third kappa shape index (κ3) is 3.64. The molecule has 0 radical (unpaired) electrons. The molecule has 0 saturated carbocycles. The number of aldehydes is 1. The lowest BCUT2D eigenvalue weighted by Gasteiger charge is -2.00. The van der Waals surface area contributed by atoms with Gasteiger partial charge in [-0.25, -0.2) is 0 Å². The zero-order valence-corrected chi connectivity index (χ0v) is 8.14. The Balaban J connectivity index is 2.81. The maximum Gasteiger partial charge on any atom is 0.308 e. The minimum absolute atomic E-state index is 0.347. The standard InChI is InChI=1S/C11H10O4/c1-8(13)15-11-4-2-9(3-5-11)6-10(14)7-12/h2-7,14H,1H3/b10-6-. The zero-order valence-electron chi connectivity index (χ0n) is 8.14. The van der Waals surface area contributed by atoms with Crippen LogP contribution < -0.4 is 4.74 Å². The summed E-state index contributed by atoms with van der Waals surface area (Å²) < 4.78 is 4.81. The minimum Gasteiger partial charge on any atom is -0.505 e. The van der Waals surface area contributed by atoms with Crippen LogP contribution in [0.15, 0.2) is 30.0 Å². The average molecular weight is 206 g/mol. The lowest BCUT2D eigenvalue weighted by atomic mass is 10.2. The first-order valence-electron chi connectivity index (χ1n) is 4.26. The van der Waals surface area contributed by atoms with E-state index in [2.05, 4.69) is 0 Å². The van der Waals surface area contributed by atoms with E-state index in [0.29, 0.717) is 17.6 Å². The summed E-state index contributed by atoms with van der Waals surface area (Å²) in [6.07, 6.45) is 1.66. The number of ether oxygens (including phenoxy) is 1. The molecule has 0 amide bonds. The lowest BCUT2D eigenvalue weighted by Crippen LogP contribution is -2.00. The number of allylic oxidation sites excluding steroid dienone is 1. The number of carbonyl (C=O) groups excluding carboxylic acids is 2. The Labute approximate surface area is 86.8 Å². The molecule has 1 N–H and O–H groups in total. The second-order valence-electron chi connectivity index (χ2n) is 2.85. The van der Waals surface area contributed by atoms with Gasteiger partial charge in [-0.15, -0.1) is 0 Å². The van der Waals surface area contributed by atoms with Gasteiger partial charge in [-0.1, -0.05) is 12.1 Å². The number of hydrogen-bond acceptors (Lipinski definition) is 4. The van der Waals surface area contributed by atoms with Crippen molar-refractivity contribution in [3.05, 3.63) is 35.6 Å². The summed E-state index contributed by atoms with van der Waals surface area (Å²) in [7, 11) is 0. The monoisotopic (exact) mass is 206 g/mol. The highest BCUT2D eigenvalue weighted by molar-refractivity contribution is 5.78. The van der Waals surface area contributed by atoms with Gasteiger partial charge in [-0.05, 0) is 23.8 Å². The van der Waals surface area contributed by atoms with Crippen molar-refractivity contribution in [2.75, 3.05) is 0 Å². The van der Waals surface area contributed by atoms with Gasteiger partial charge in [0.1, 0.15) is 5.75 Å². The molecular formula is C11H10O4. The first-order chi connectivity index (χ1) is 7.11. The first kappa shape index (κ1) is 11.0. The fraction of sp³-hybridized carbons (Fsp3) is 0.0909. The second kappa shape index (κ2) is 4.95. The third-order valence-corrected chi connectivity index (χ3v) is 1.58. The summed E-state index contributed by atoms with van der Waals surface area (Å²) in [6, 6.07) is 6.40. The van der Waals surface area contributed by atoms with Gasteiger partial charge < -0.3 is 9.84 Å². The highest BCUT2D eigenvalue weighted by atomic mass is 16.5. The van der Waals surface area contributed by atoms with Crippen LogP contribution in [0.3, 0.4) is 0 Å². The van der Waals surface area contributed by atoms with Gasteiger partial charge in [0.25, 0.3) is 0 Å². The number of esters is 1. The Morgan fingerprint density at radius 3 is 2.40 bits per heavy atom. The topological polar surface area (TPSA) is 63.6 Å². The van der Waals surface area contributed by atoms with Crippen LogP contribution in [0.1, 0.15) is 12.5 Å². The summed E-state index contributed by atoms with van der Waals surface area (Å²) in [5.74, 6) is -0.325. The van der Waals surface area contributed by atoms with Crippen LogP contribution in [0.2, 0.25) is 0 Å². The first-order valence-corrected chi connectivity index (χ1v) is 4.26. The number of benzene rings is 1. The predicted octanol–water partition coefficient (Wildman–Crippen LogP) is 1.71. The molecule has 78 valence electrons. The quantitative estimate of drug-likeness (QED) is 0.269. The molecule has 0 bridgehead atoms. The number of aliphatic hydroxyl groups is 1. The number of hydrogen-bond donors (Lipinski definition) is 1. The van der Waals surface area contributed by atoms with E-state index in [1.807, 2.05) is 0 Å². The lowest BCUT2D eigenvalue weighted by molar-refractivity contribution is -0.131. The Bertz CT molecular complexity index is 390. The van der Waals surface area contributed by atoms with Crippen molar-refractivity contribution in [2.45, 2.75) is 6.92 Å². The van der Waals surface area contributed by atoms with Crippen molar-refractivity contribution in [3.63, 3.8) is 0 Å². The SMILES string of the molecule is CC(=O)Oc1ccc(/C=C(\O)C=O)cc1. The smallest absolute Gasteiger partial charge is 0.308 e. The van der Waals surface area contributed by atoms with Gasteiger partial charge in [-0.2, -0.15) is 0 Å². The van der Waals surface area contributed by atoms with E-state index in [4.69, 9.17) is 9.84 Å². The summed E-state index contributed by atoms with van der Waals surface area (Å²) in [6.45, 7) is 1.31. The molecule has 0 aliphatic heterocycles. The molecule has 4 nitrogen and oxygen atoms in total. The molecule has 1 rings (SSSR count). The van der Waals surface area contributed by atoms with Crippen LogP contribution in [-0.2, 0) is 9.59 Å². The van der Waals surface area contributed by atoms with E-state index in [1.165, 1.54) is 13.0 Å². The molecule has 0 heterocycles. The van der Waals surface area contributed by atoms with E-state index in [-0.39, 0.29) is 5.76 Å². The Morgan fingerprint density at radius 1 is 1.33 bits per heavy atom. The highest BCUT2D eigenvalue weighted by Gasteiger charge is 1.97. The number of aliphatic hydroxyl groups excluding tert-OH is 1. The molecule has 1 aromatic carbocycles. The molecule has 0 aliphatic rings. The summed E-state index contributed by atoms with van der Waals surface area (Å²) >= 11 is 0. The van der Waals surface area contributed by atoms with E-state index < -0.39 is 5.97 Å². The third-order valence-electron chi connectivity index (χ3n) is 1.58. The molecule has 0 saturated heterocycles. The van der Waals surface area contributed by atoms with Crippen molar-refractivity contribution >= 4 is 18.3 Å². The van der Waals surface area contributed by atoms with Crippen LogP contribution in [0.5, 0.6) is 5.75 Å². The highest BCUT2D eigenvalue weighted by Crippen LogP contribution is 2.13. The molecule has 4 heteroatoms. The fourth-order valence-corrected chi connectivity index (χ4v) is 1.00. The molecule has 0 spiro atoms. The maximum absolute atomic E-state index is 10.6.